The minimum atomic E-state index is -0.165. The fraction of sp³-hybridized carbons (Fsp3) is 0.0741. The van der Waals surface area contributed by atoms with Crippen LogP contribution >= 0.6 is 11.3 Å². The zero-order valence-electron chi connectivity index (χ0n) is 18.0. The van der Waals surface area contributed by atoms with E-state index in [1.807, 2.05) is 85.0 Å². The predicted molar refractivity (Wildman–Crippen MR) is 133 cm³/mol. The fourth-order valence-corrected chi connectivity index (χ4v) is 4.24. The second-order valence-corrected chi connectivity index (χ2v) is 8.68. The second-order valence-electron chi connectivity index (χ2n) is 7.67. The third-order valence-corrected chi connectivity index (χ3v) is 6.09. The Kier molecular flexibility index (Phi) is 5.83. The topological polar surface area (TPSA) is 56.5 Å². The molecule has 0 spiro atoms. The Hall–Kier alpha value is -4.03. The Bertz CT molecular complexity index is 1520. The minimum absolute atomic E-state index is 0.165. The first-order valence-electron chi connectivity index (χ1n) is 10.6. The summed E-state index contributed by atoms with van der Waals surface area (Å²) in [5.41, 5.74) is 4.14. The van der Waals surface area contributed by atoms with Gasteiger partial charge in [-0.3, -0.25) is 4.79 Å². The van der Waals surface area contributed by atoms with Crippen molar-refractivity contribution in [3.8, 4) is 5.75 Å². The van der Waals surface area contributed by atoms with Crippen LogP contribution in [0.3, 0.4) is 0 Å². The first kappa shape index (κ1) is 20.8. The average molecular weight is 452 g/mol. The van der Waals surface area contributed by atoms with Crippen LogP contribution in [0.4, 0.5) is 0 Å². The van der Waals surface area contributed by atoms with Crippen LogP contribution in [0.1, 0.15) is 28.1 Å². The van der Waals surface area contributed by atoms with Crippen molar-refractivity contribution in [2.24, 2.45) is 0 Å². The van der Waals surface area contributed by atoms with Crippen LogP contribution in [0.15, 0.2) is 83.7 Å². The van der Waals surface area contributed by atoms with Gasteiger partial charge in [0.2, 0.25) is 4.96 Å². The van der Waals surface area contributed by atoms with Gasteiger partial charge in [-0.2, -0.15) is 9.50 Å². The summed E-state index contributed by atoms with van der Waals surface area (Å²) in [7, 11) is 0. The van der Waals surface area contributed by atoms with Crippen molar-refractivity contribution in [3.05, 3.63) is 122 Å². The van der Waals surface area contributed by atoms with Crippen molar-refractivity contribution in [1.82, 2.24) is 14.6 Å². The van der Waals surface area contributed by atoms with Gasteiger partial charge in [0.25, 0.3) is 5.56 Å². The van der Waals surface area contributed by atoms with Crippen LogP contribution in [0.5, 0.6) is 5.75 Å². The van der Waals surface area contributed by atoms with Crippen LogP contribution in [0, 0.1) is 6.92 Å². The lowest BCUT2D eigenvalue weighted by molar-refractivity contribution is 0.306. The van der Waals surface area contributed by atoms with Crippen molar-refractivity contribution in [1.29, 1.82) is 0 Å². The first-order valence-corrected chi connectivity index (χ1v) is 11.4. The van der Waals surface area contributed by atoms with Crippen molar-refractivity contribution < 1.29 is 4.74 Å². The maximum Gasteiger partial charge on any atom is 0.291 e. The van der Waals surface area contributed by atoms with Gasteiger partial charge in [-0.25, -0.2) is 0 Å². The van der Waals surface area contributed by atoms with E-state index >= 15 is 0 Å². The lowest BCUT2D eigenvalue weighted by Crippen LogP contribution is -2.23. The third-order valence-electron chi connectivity index (χ3n) is 5.13. The van der Waals surface area contributed by atoms with Crippen LogP contribution < -0.4 is 14.8 Å². The van der Waals surface area contributed by atoms with Gasteiger partial charge in [0.05, 0.1) is 4.53 Å². The van der Waals surface area contributed by atoms with Gasteiger partial charge in [0.15, 0.2) is 5.82 Å². The Morgan fingerprint density at radius 2 is 1.64 bits per heavy atom. The molecular weight excluding hydrogens is 430 g/mol. The van der Waals surface area contributed by atoms with E-state index in [1.165, 1.54) is 21.4 Å². The molecule has 3 aromatic carbocycles. The summed E-state index contributed by atoms with van der Waals surface area (Å²) in [4.78, 5) is 17.8. The van der Waals surface area contributed by atoms with Gasteiger partial charge < -0.3 is 4.74 Å². The summed E-state index contributed by atoms with van der Waals surface area (Å²) in [6.45, 7) is 2.57. The summed E-state index contributed by atoms with van der Waals surface area (Å²) in [6.07, 6.45) is 5.62. The highest BCUT2D eigenvalue weighted by molar-refractivity contribution is 7.15. The number of nitrogens with zero attached hydrogens (tertiary/aromatic N) is 3. The number of hydrogen-bond donors (Lipinski definition) is 0. The van der Waals surface area contributed by atoms with Gasteiger partial charge in [0.1, 0.15) is 12.4 Å². The van der Waals surface area contributed by atoms with Crippen LogP contribution in [-0.4, -0.2) is 14.6 Å². The number of aromatic nitrogens is 3. The molecule has 0 fully saturated rings. The molecule has 0 aliphatic rings. The van der Waals surface area contributed by atoms with Crippen molar-refractivity contribution >= 4 is 34.5 Å². The number of ether oxygens (including phenoxy) is 1. The van der Waals surface area contributed by atoms with E-state index in [-0.39, 0.29) is 5.56 Å². The smallest absolute Gasteiger partial charge is 0.291 e. The zero-order chi connectivity index (χ0) is 22.6. The Morgan fingerprint density at radius 1 is 0.909 bits per heavy atom. The first-order chi connectivity index (χ1) is 16.1. The average Bonchev–Trinajstić information content (AvgIpc) is 3.37. The van der Waals surface area contributed by atoms with Crippen LogP contribution in [0.25, 0.3) is 23.2 Å². The molecule has 5 aromatic rings. The monoisotopic (exact) mass is 451 g/mol. The Balaban J connectivity index is 1.31. The fourth-order valence-electron chi connectivity index (χ4n) is 3.32. The normalized spacial score (nSPS) is 12.1. The molecule has 2 aromatic heterocycles. The lowest BCUT2D eigenvalue weighted by atomic mass is 10.1. The van der Waals surface area contributed by atoms with Crippen molar-refractivity contribution in [3.63, 3.8) is 0 Å². The van der Waals surface area contributed by atoms with Crippen LogP contribution in [0.2, 0.25) is 0 Å². The highest BCUT2D eigenvalue weighted by Gasteiger charge is 2.09. The number of benzene rings is 3. The maximum atomic E-state index is 12.8. The van der Waals surface area contributed by atoms with Gasteiger partial charge in [-0.05, 0) is 47.9 Å². The summed E-state index contributed by atoms with van der Waals surface area (Å²) < 4.78 is 7.79. The molecule has 0 bridgehead atoms. The second kappa shape index (κ2) is 9.22. The van der Waals surface area contributed by atoms with Gasteiger partial charge >= 0.3 is 0 Å². The molecule has 0 saturated heterocycles. The number of thiazole rings is 1. The molecule has 2 heterocycles. The molecule has 0 amide bonds. The SMILES string of the molecule is Cc1ccc(/C=C/c2nc3s/c(=C\c4ccc(OCc5ccccc5)cc4)c(=O)n3n2)cc1. The third kappa shape index (κ3) is 4.91. The summed E-state index contributed by atoms with van der Waals surface area (Å²) in [6, 6.07) is 25.9. The molecule has 0 N–H and O–H groups in total. The van der Waals surface area contributed by atoms with Gasteiger partial charge in [-0.1, -0.05) is 89.7 Å². The van der Waals surface area contributed by atoms with E-state index in [9.17, 15) is 4.79 Å². The molecule has 6 heteroatoms. The molecule has 0 radical (unpaired) electrons. The summed E-state index contributed by atoms with van der Waals surface area (Å²) >= 11 is 1.33. The molecular formula is C27H21N3O2S. The number of aryl methyl sites for hydroxylation is 1. The maximum absolute atomic E-state index is 12.8. The summed E-state index contributed by atoms with van der Waals surface area (Å²) in [5, 5.41) is 4.35. The van der Waals surface area contributed by atoms with E-state index < -0.39 is 0 Å². The molecule has 0 aliphatic carbocycles. The molecule has 0 aliphatic heterocycles. The van der Waals surface area contributed by atoms with Gasteiger partial charge in [-0.15, -0.1) is 5.10 Å². The highest BCUT2D eigenvalue weighted by Crippen LogP contribution is 2.15. The van der Waals surface area contributed by atoms with Crippen molar-refractivity contribution in [2.45, 2.75) is 13.5 Å². The molecule has 33 heavy (non-hydrogen) atoms. The Labute approximate surface area is 194 Å². The molecule has 5 rings (SSSR count). The zero-order valence-corrected chi connectivity index (χ0v) is 18.8. The summed E-state index contributed by atoms with van der Waals surface area (Å²) in [5.74, 6) is 1.30. The quantitative estimate of drug-likeness (QED) is 0.374. The lowest BCUT2D eigenvalue weighted by Gasteiger charge is -2.06. The van der Waals surface area contributed by atoms with E-state index in [0.29, 0.717) is 21.9 Å². The van der Waals surface area contributed by atoms with Crippen molar-refractivity contribution in [2.75, 3.05) is 0 Å². The molecule has 5 nitrogen and oxygen atoms in total. The van der Waals surface area contributed by atoms with E-state index in [1.54, 1.807) is 0 Å². The number of rotatable bonds is 6. The molecule has 162 valence electrons. The number of fused-ring (bicyclic) bond motifs is 1. The Morgan fingerprint density at radius 3 is 2.36 bits per heavy atom. The predicted octanol–water partition coefficient (Wildman–Crippen LogP) is 4.76. The minimum Gasteiger partial charge on any atom is -0.489 e. The largest absolute Gasteiger partial charge is 0.489 e. The highest BCUT2D eigenvalue weighted by atomic mass is 32.1. The van der Waals surface area contributed by atoms with E-state index in [4.69, 9.17) is 4.74 Å². The standard InChI is InChI=1S/C27H21N3O2S/c1-19-7-9-20(10-8-19)13-16-25-28-27-30(29-25)26(31)24(33-27)17-21-11-14-23(15-12-21)32-18-22-5-3-2-4-6-22/h2-17H,18H2,1H3/b16-13+,24-17-. The molecule has 0 saturated carbocycles. The van der Waals surface area contributed by atoms with Crippen LogP contribution in [-0.2, 0) is 6.61 Å². The molecule has 0 unspecified atom stereocenters. The number of hydrogen-bond acceptors (Lipinski definition) is 5. The molecule has 0 atom stereocenters. The van der Waals surface area contributed by atoms with E-state index in [0.717, 1.165) is 22.4 Å². The van der Waals surface area contributed by atoms with Gasteiger partial charge in [0, 0.05) is 0 Å². The van der Waals surface area contributed by atoms with E-state index in [2.05, 4.69) is 29.1 Å².